The number of nitrogens with zero attached hydrogens (tertiary/aromatic N) is 13. The molecule has 3 heterocycles. The summed E-state index contributed by atoms with van der Waals surface area (Å²) in [6, 6.07) is 0. The van der Waals surface area contributed by atoms with E-state index in [1.54, 1.807) is 18.6 Å². The van der Waals surface area contributed by atoms with Gasteiger partial charge in [-0.15, -0.1) is 0 Å². The first-order chi connectivity index (χ1) is 20.3. The zero-order valence-electron chi connectivity index (χ0n) is 26.4. The molecule has 0 bridgehead atoms. The van der Waals surface area contributed by atoms with E-state index in [0.29, 0.717) is 19.6 Å². The molecule has 0 unspecified atom stereocenters. The average Bonchev–Trinajstić information content (AvgIpc) is 3.62. The van der Waals surface area contributed by atoms with Crippen molar-refractivity contribution in [3.05, 3.63) is 101 Å². The van der Waals surface area contributed by atoms with Crippen LogP contribution >= 0.6 is 0 Å². The van der Waals surface area contributed by atoms with Gasteiger partial charge in [0, 0.05) is 78.0 Å². The number of aromatic nitrogens is 6. The van der Waals surface area contributed by atoms with Crippen LogP contribution in [0, 0.1) is 84.1 Å². The number of imidazole rings is 3. The fraction of sp³-hybridized carbons (Fsp3) is 0.429. The van der Waals surface area contributed by atoms with Crippen LogP contribution in [-0.2, 0) is 32.1 Å². The Balaban J connectivity index is -0.000000171. The van der Waals surface area contributed by atoms with Crippen molar-refractivity contribution in [1.82, 2.24) is 33.6 Å². The minimum absolute atomic E-state index is 0. The summed E-state index contributed by atoms with van der Waals surface area (Å²) in [4.78, 5) is 53.4. The minimum Gasteiger partial charge on any atom is -0.457 e. The van der Waals surface area contributed by atoms with Crippen molar-refractivity contribution < 1.29 is 80.8 Å². The summed E-state index contributed by atoms with van der Waals surface area (Å²) < 4.78 is 5.83. The van der Waals surface area contributed by atoms with Gasteiger partial charge in [-0.05, 0) is 0 Å². The summed E-state index contributed by atoms with van der Waals surface area (Å²) in [5, 5.41) is 44.2. The van der Waals surface area contributed by atoms with Crippen LogP contribution in [0.1, 0.15) is 17.5 Å². The van der Waals surface area contributed by atoms with Gasteiger partial charge in [-0.25, -0.2) is 15.0 Å². The summed E-state index contributed by atoms with van der Waals surface area (Å²) in [6.07, 6.45) is 16.5. The summed E-state index contributed by atoms with van der Waals surface area (Å²) in [7, 11) is 5.87. The summed E-state index contributed by atoms with van der Waals surface area (Å²) in [6.45, 7) is 4.57. The predicted octanol–water partition coefficient (Wildman–Crippen LogP) is -4.19. The predicted molar refractivity (Wildman–Crippen MR) is 175 cm³/mol. The van der Waals surface area contributed by atoms with E-state index >= 15 is 0 Å². The van der Waals surface area contributed by atoms with Crippen LogP contribution < -0.4 is 0 Å². The van der Waals surface area contributed by atoms with Crippen LogP contribution in [0.2, 0.25) is 0 Å². The molecule has 0 aromatic carbocycles. The molecule has 283 valence electrons. The van der Waals surface area contributed by atoms with E-state index < -0.39 is 15.3 Å². The molecule has 0 saturated heterocycles. The van der Waals surface area contributed by atoms with Crippen molar-refractivity contribution in [3.63, 3.8) is 0 Å². The summed E-state index contributed by atoms with van der Waals surface area (Å²) in [5.74, 6) is 2.56. The Morgan fingerprint density at radius 1 is 0.592 bits per heavy atom. The molecule has 49 heavy (non-hydrogen) atoms. The number of rotatable bonds is 12. The average molecular weight is 863 g/mol. The molecule has 3 rings (SSSR count). The zero-order chi connectivity index (χ0) is 32.6. The van der Waals surface area contributed by atoms with Gasteiger partial charge >= 0.3 is 38.2 Å². The van der Waals surface area contributed by atoms with Gasteiger partial charge in [0.15, 0.2) is 0 Å². The quantitative estimate of drug-likeness (QED) is 0.0723. The Labute approximate surface area is 307 Å². The van der Waals surface area contributed by atoms with Gasteiger partial charge in [-0.1, -0.05) is 0 Å². The number of aryl methyl sites for hydroxylation is 3. The molecule has 0 aliphatic carbocycles. The van der Waals surface area contributed by atoms with Gasteiger partial charge < -0.3 is 87.0 Å². The number of hydrogen-bond donors (Lipinski definition) is 0. The molecule has 0 spiro atoms. The van der Waals surface area contributed by atoms with E-state index in [1.165, 1.54) is 0 Å². The number of aliphatic imine (C=N–C) groups is 3. The molecule has 0 atom stereocenters. The Bertz CT molecular complexity index is 1160. The van der Waals surface area contributed by atoms with E-state index in [-0.39, 0.29) is 65.6 Å². The van der Waals surface area contributed by atoms with Crippen LogP contribution in [0.15, 0.2) is 52.2 Å². The normalized spacial score (nSPS) is 9.31. The monoisotopic (exact) mass is 864 g/mol. The van der Waals surface area contributed by atoms with Crippen molar-refractivity contribution in [2.45, 2.75) is 0 Å². The van der Waals surface area contributed by atoms with Crippen molar-refractivity contribution in [2.75, 3.05) is 39.3 Å². The molecule has 1 radical (unpaired) electrons. The molecule has 0 aliphatic rings. The van der Waals surface area contributed by atoms with E-state index in [2.05, 4.69) is 34.8 Å². The molecule has 3 aromatic rings. The van der Waals surface area contributed by atoms with E-state index in [9.17, 15) is 0 Å². The standard InChI is InChI=1S/C21H30N10.Dy.3NO3.5H2O/c1-28-10-7-25-19(28)16-22-4-13-31(14-5-23-17-20-26-8-11-29(20)2)15-6-24-18-21-27-9-12-30(21)3;;3*2-1(3)4;;;;;/h7-12,16-18H,4-6,13-15H2,1-3H3;;;;;5*1H2/q;+3;3*-1;;;;;/p+2. The van der Waals surface area contributed by atoms with Crippen molar-refractivity contribution in [2.24, 2.45) is 36.1 Å². The second-order valence-corrected chi connectivity index (χ2v) is 7.81. The van der Waals surface area contributed by atoms with Crippen LogP contribution in [0.5, 0.6) is 0 Å². The van der Waals surface area contributed by atoms with Gasteiger partial charge in [0.1, 0.15) is 17.5 Å². The van der Waals surface area contributed by atoms with Crippen LogP contribution in [0.4, 0.5) is 0 Å². The summed E-state index contributed by atoms with van der Waals surface area (Å²) in [5.41, 5.74) is 0. The topological polar surface area (TPSA) is 453 Å². The molecular weight excluding hydrogens is 821 g/mol. The molecule has 12 N–H and O–H groups in total. The van der Waals surface area contributed by atoms with Crippen LogP contribution in [0.25, 0.3) is 0 Å². The first-order valence-corrected chi connectivity index (χ1v) is 11.9. The Morgan fingerprint density at radius 3 is 0.959 bits per heavy atom. The second-order valence-electron chi connectivity index (χ2n) is 7.81. The third-order valence-corrected chi connectivity index (χ3v) is 4.83. The number of hydrogen-bond acceptors (Lipinski definition) is 16. The van der Waals surface area contributed by atoms with Crippen LogP contribution in [0.3, 0.4) is 0 Å². The fourth-order valence-electron chi connectivity index (χ4n) is 2.88. The third kappa shape index (κ3) is 34.4. The molecule has 0 saturated carbocycles. The second kappa shape index (κ2) is 36.1. The van der Waals surface area contributed by atoms with Gasteiger partial charge in [-0.3, -0.25) is 19.9 Å². The van der Waals surface area contributed by atoms with Gasteiger partial charge in [0.05, 0.1) is 53.5 Å². The molecule has 0 amide bonds. The smallest absolute Gasteiger partial charge is 0.457 e. The Hall–Kier alpha value is -4.73. The minimum atomic E-state index is -1.75. The SMILES string of the molecule is Cn1ccnc1C=NCCN(CCN=Cc1nccn1C)CCN=Cc1nccn1C.O.O.O.O=[N+]([O-])[O-].O=[N+]([O-])[O-].O=[N+]([O-])[O-].[Dy+3].[OH3+].[OH3+]. The van der Waals surface area contributed by atoms with Crippen molar-refractivity contribution in [3.8, 4) is 0 Å². The van der Waals surface area contributed by atoms with Crippen LogP contribution in [-0.4, -0.2) is 123 Å². The fourth-order valence-corrected chi connectivity index (χ4v) is 2.88. The summed E-state index contributed by atoms with van der Waals surface area (Å²) >= 11 is 0. The van der Waals surface area contributed by atoms with E-state index in [0.717, 1.165) is 37.1 Å². The van der Waals surface area contributed by atoms with E-state index in [1.807, 2.05) is 72.1 Å². The molecule has 0 aliphatic heterocycles. The molecular formula is C21H42DyN13O14+2. The maximum absolute atomic E-state index is 8.25. The Morgan fingerprint density at radius 2 is 0.796 bits per heavy atom. The van der Waals surface area contributed by atoms with Gasteiger partial charge in [0.2, 0.25) is 0 Å². The van der Waals surface area contributed by atoms with E-state index in [4.69, 9.17) is 46.0 Å². The largest absolute Gasteiger partial charge is 3.00 e. The molecule has 0 fully saturated rings. The van der Waals surface area contributed by atoms with Crippen molar-refractivity contribution >= 4 is 18.6 Å². The molecule has 3 aromatic heterocycles. The van der Waals surface area contributed by atoms with Gasteiger partial charge in [-0.2, -0.15) is 0 Å². The van der Waals surface area contributed by atoms with Crippen molar-refractivity contribution in [1.29, 1.82) is 0 Å². The molecule has 27 nitrogen and oxygen atoms in total. The zero-order valence-corrected chi connectivity index (χ0v) is 28.4. The molecule has 28 heteroatoms. The first kappa shape index (κ1) is 59.7. The Kier molecular flexibility index (Phi) is 44.0. The first-order valence-electron chi connectivity index (χ1n) is 11.9. The van der Waals surface area contributed by atoms with Gasteiger partial charge in [0.25, 0.3) is 0 Å². The maximum atomic E-state index is 8.25. The third-order valence-electron chi connectivity index (χ3n) is 4.83. The maximum Gasteiger partial charge on any atom is 3.00 e.